The number of phosphoric ester groups is 1. The van der Waals surface area contributed by atoms with Crippen molar-refractivity contribution >= 4 is 19.7 Å². The minimum atomic E-state index is -4.71. The number of carbonyl (C=O) groups excluding carboxylic acids is 2. The van der Waals surface area contributed by atoms with Crippen molar-refractivity contribution in [3.8, 4) is 0 Å². The van der Waals surface area contributed by atoms with Gasteiger partial charge in [0.05, 0.1) is 33.8 Å². The van der Waals surface area contributed by atoms with Gasteiger partial charge < -0.3 is 28.5 Å². The van der Waals surface area contributed by atoms with E-state index >= 15 is 0 Å². The molecule has 0 aliphatic rings. The van der Waals surface area contributed by atoms with Gasteiger partial charge in [-0.15, -0.1) is 0 Å². The normalized spacial score (nSPS) is 14.3. The summed E-state index contributed by atoms with van der Waals surface area (Å²) < 4.78 is 30.4. The van der Waals surface area contributed by atoms with Gasteiger partial charge in [0, 0.05) is 12.8 Å². The van der Waals surface area contributed by atoms with Gasteiger partial charge in [0.2, 0.25) is 5.91 Å². The third kappa shape index (κ3) is 61.1. The van der Waals surface area contributed by atoms with Crippen LogP contribution in [0.3, 0.4) is 0 Å². The second-order valence-electron chi connectivity index (χ2n) is 23.2. The largest absolute Gasteiger partial charge is 0.756 e. The molecule has 3 unspecified atom stereocenters. The van der Waals surface area contributed by atoms with Gasteiger partial charge >= 0.3 is 5.97 Å². The molecule has 466 valence electrons. The van der Waals surface area contributed by atoms with Gasteiger partial charge in [0.1, 0.15) is 19.3 Å². The Morgan fingerprint density at radius 1 is 0.444 bits per heavy atom. The maximum Gasteiger partial charge on any atom is 0.306 e. The first-order valence-electron chi connectivity index (χ1n) is 33.2. The summed E-state index contributed by atoms with van der Waals surface area (Å²) in [5, 5.41) is 3.03. The van der Waals surface area contributed by atoms with Crippen molar-refractivity contribution in [3.63, 3.8) is 0 Å². The first kappa shape index (κ1) is 77.7. The maximum absolute atomic E-state index is 13.6. The molecule has 0 heterocycles. The lowest BCUT2D eigenvalue weighted by molar-refractivity contribution is -0.870. The Labute approximate surface area is 500 Å². The van der Waals surface area contributed by atoms with Gasteiger partial charge in [-0.25, -0.2) is 0 Å². The fourth-order valence-corrected chi connectivity index (χ4v) is 9.81. The van der Waals surface area contributed by atoms with E-state index in [9.17, 15) is 19.0 Å². The fraction of sp³-hybridized carbons (Fsp3) is 0.718. The predicted molar refractivity (Wildman–Crippen MR) is 348 cm³/mol. The number of allylic oxidation sites excluding steroid dienone is 17. The molecule has 0 spiro atoms. The third-order valence-electron chi connectivity index (χ3n) is 14.2. The molecule has 0 rings (SSSR count). The third-order valence-corrected chi connectivity index (χ3v) is 15.2. The zero-order valence-corrected chi connectivity index (χ0v) is 54.1. The van der Waals surface area contributed by atoms with Gasteiger partial charge in [0.25, 0.3) is 7.82 Å². The van der Waals surface area contributed by atoms with E-state index in [2.05, 4.69) is 123 Å². The lowest BCUT2D eigenvalue weighted by atomic mass is 10.0. The second-order valence-corrected chi connectivity index (χ2v) is 24.6. The van der Waals surface area contributed by atoms with Crippen LogP contribution in [-0.2, 0) is 27.9 Å². The molecule has 0 radical (unpaired) electrons. The molecule has 1 amide bonds. The van der Waals surface area contributed by atoms with Crippen molar-refractivity contribution < 1.29 is 37.3 Å². The number of esters is 1. The zero-order valence-electron chi connectivity index (χ0n) is 53.2. The van der Waals surface area contributed by atoms with Crippen LogP contribution in [-0.4, -0.2) is 69.4 Å². The van der Waals surface area contributed by atoms with Crippen molar-refractivity contribution in [3.05, 3.63) is 109 Å². The van der Waals surface area contributed by atoms with E-state index in [4.69, 9.17) is 13.8 Å². The van der Waals surface area contributed by atoms with Crippen LogP contribution in [0.4, 0.5) is 0 Å². The molecule has 9 nitrogen and oxygen atoms in total. The van der Waals surface area contributed by atoms with Gasteiger partial charge in [-0.2, -0.15) is 0 Å². The molecular formula is C71H125N2O7P. The van der Waals surface area contributed by atoms with Crippen LogP contribution in [0.25, 0.3) is 0 Å². The number of ether oxygens (including phenoxy) is 1. The Kier molecular flexibility index (Phi) is 57.4. The molecule has 0 aromatic rings. The predicted octanol–water partition coefficient (Wildman–Crippen LogP) is 20.3. The molecule has 0 aliphatic heterocycles. The molecule has 10 heteroatoms. The number of phosphoric acid groups is 1. The smallest absolute Gasteiger partial charge is 0.306 e. The number of rotatable bonds is 59. The number of carbonyl (C=O) groups is 2. The lowest BCUT2D eigenvalue weighted by Gasteiger charge is -2.30. The monoisotopic (exact) mass is 1150 g/mol. The van der Waals surface area contributed by atoms with E-state index in [0.29, 0.717) is 23.9 Å². The van der Waals surface area contributed by atoms with Crippen LogP contribution in [0.5, 0.6) is 0 Å². The second kappa shape index (κ2) is 59.8. The van der Waals surface area contributed by atoms with Crippen LogP contribution in [0.2, 0.25) is 0 Å². The number of nitrogens with zero attached hydrogens (tertiary/aromatic N) is 1. The first-order chi connectivity index (χ1) is 39.4. The number of amides is 1. The van der Waals surface area contributed by atoms with Crippen LogP contribution in [0.1, 0.15) is 278 Å². The van der Waals surface area contributed by atoms with Gasteiger partial charge in [-0.1, -0.05) is 259 Å². The Bertz CT molecular complexity index is 1750. The molecule has 0 saturated carbocycles. The van der Waals surface area contributed by atoms with E-state index in [1.807, 2.05) is 33.3 Å². The summed E-state index contributed by atoms with van der Waals surface area (Å²) in [5.74, 6) is -0.569. The lowest BCUT2D eigenvalue weighted by Crippen LogP contribution is -2.47. The SMILES string of the molecule is CC/C=C\C/C=C\C/C=C\C/C=C\C/C=C\C/C=C\CCCCCCCCC(=O)OC(/C=C\CCCCCCCCCCCCC)C(COP(=O)([O-])OCC[N+](C)(C)C)NC(=O)CCCCCCCCC/C=C\C/C=C\CCCCC. The molecule has 0 aromatic carbocycles. The Morgan fingerprint density at radius 2 is 0.790 bits per heavy atom. The average Bonchev–Trinajstić information content (AvgIpc) is 3.44. The first-order valence-corrected chi connectivity index (χ1v) is 34.7. The quantitative estimate of drug-likeness (QED) is 0.0212. The highest BCUT2D eigenvalue weighted by molar-refractivity contribution is 7.45. The van der Waals surface area contributed by atoms with Crippen molar-refractivity contribution in [1.82, 2.24) is 5.32 Å². The standard InChI is InChI=1S/C71H125N2O7P/c1-7-10-13-16-19-22-25-28-30-32-33-34-35-36-37-38-39-41-43-46-49-52-55-58-61-64-71(75)80-69(62-59-56-53-50-47-44-27-24-21-18-15-12-9-3)68(67-79-81(76,77)78-66-65-73(4,5)6)72-70(74)63-60-57-54-51-48-45-42-40-31-29-26-23-20-17-14-11-8-2/h10,13,19-20,22-23,28-31,33-34,36-37,39,41,59,62,68-69H,7-9,11-12,14-18,21,24-27,32,35,38,40,42-58,60-61,63-67H2,1-6H3,(H-,72,74,76,77)/b13-10-,22-19-,23-20-,30-28-,31-29-,34-33-,37-36-,41-39-,62-59-. The van der Waals surface area contributed by atoms with Crippen molar-refractivity contribution in [2.24, 2.45) is 0 Å². The maximum atomic E-state index is 13.6. The van der Waals surface area contributed by atoms with E-state index in [1.165, 1.54) is 103 Å². The molecule has 0 aromatic heterocycles. The number of unbranched alkanes of at least 4 members (excludes halogenated alkanes) is 27. The van der Waals surface area contributed by atoms with Gasteiger partial charge in [-0.3, -0.25) is 14.2 Å². The summed E-state index contributed by atoms with van der Waals surface area (Å²) in [5.41, 5.74) is 0. The van der Waals surface area contributed by atoms with Crippen LogP contribution >= 0.6 is 7.82 Å². The van der Waals surface area contributed by atoms with E-state index in [1.54, 1.807) is 0 Å². The van der Waals surface area contributed by atoms with Gasteiger partial charge in [-0.05, 0) is 115 Å². The minimum absolute atomic E-state index is 0.0315. The van der Waals surface area contributed by atoms with E-state index in [0.717, 1.165) is 135 Å². The number of likely N-dealkylation sites (N-methyl/N-ethyl adjacent to an activating group) is 1. The van der Waals surface area contributed by atoms with Crippen LogP contribution in [0.15, 0.2) is 109 Å². The number of hydrogen-bond donors (Lipinski definition) is 1. The Hall–Kier alpha value is -3.33. The topological polar surface area (TPSA) is 114 Å². The minimum Gasteiger partial charge on any atom is -0.756 e. The zero-order chi connectivity index (χ0) is 59.3. The number of nitrogens with one attached hydrogen (secondary N) is 1. The Morgan fingerprint density at radius 3 is 1.21 bits per heavy atom. The summed E-state index contributed by atoms with van der Waals surface area (Å²) >= 11 is 0. The summed E-state index contributed by atoms with van der Waals surface area (Å²) in [7, 11) is 1.16. The molecule has 3 atom stereocenters. The highest BCUT2D eigenvalue weighted by Gasteiger charge is 2.27. The molecule has 81 heavy (non-hydrogen) atoms. The summed E-state index contributed by atoms with van der Waals surface area (Å²) in [6.07, 6.45) is 81.9. The molecular weight excluding hydrogens is 1020 g/mol. The van der Waals surface area contributed by atoms with Crippen LogP contribution in [0, 0.1) is 0 Å². The molecule has 0 fully saturated rings. The Balaban J connectivity index is 5.24. The van der Waals surface area contributed by atoms with Crippen molar-refractivity contribution in [2.75, 3.05) is 40.9 Å². The summed E-state index contributed by atoms with van der Waals surface area (Å²) in [6.45, 7) is 6.69. The summed E-state index contributed by atoms with van der Waals surface area (Å²) in [6, 6.07) is -0.906. The van der Waals surface area contributed by atoms with Crippen molar-refractivity contribution in [1.29, 1.82) is 0 Å². The number of hydrogen-bond acceptors (Lipinski definition) is 7. The highest BCUT2D eigenvalue weighted by Crippen LogP contribution is 2.38. The molecule has 0 saturated heterocycles. The highest BCUT2D eigenvalue weighted by atomic mass is 31.2. The van der Waals surface area contributed by atoms with Crippen molar-refractivity contribution in [2.45, 2.75) is 290 Å². The fourth-order valence-electron chi connectivity index (χ4n) is 9.08. The van der Waals surface area contributed by atoms with Gasteiger partial charge in [0.15, 0.2) is 0 Å². The average molecular weight is 1150 g/mol. The van der Waals surface area contributed by atoms with E-state index < -0.39 is 26.6 Å². The number of quaternary nitrogens is 1. The van der Waals surface area contributed by atoms with Crippen LogP contribution < -0.4 is 10.2 Å². The van der Waals surface area contributed by atoms with E-state index in [-0.39, 0.29) is 24.9 Å². The molecule has 0 bridgehead atoms. The summed E-state index contributed by atoms with van der Waals surface area (Å²) in [4.78, 5) is 40.1. The molecule has 0 aliphatic carbocycles. The molecule has 1 N–H and O–H groups in total.